The van der Waals surface area contributed by atoms with E-state index in [0.29, 0.717) is 6.54 Å². The Labute approximate surface area is 123 Å². The molecule has 2 rings (SSSR count). The third-order valence-electron chi connectivity index (χ3n) is 3.10. The van der Waals surface area contributed by atoms with Crippen molar-refractivity contribution in [3.8, 4) is 0 Å². The summed E-state index contributed by atoms with van der Waals surface area (Å²) in [5.41, 5.74) is 10.1. The van der Waals surface area contributed by atoms with Crippen LogP contribution in [0.2, 0.25) is 0 Å². The van der Waals surface area contributed by atoms with Gasteiger partial charge in [-0.3, -0.25) is 4.79 Å². The number of rotatable bonds is 6. The maximum Gasteiger partial charge on any atom is 0.232 e. The van der Waals surface area contributed by atoms with Crippen LogP contribution in [0.3, 0.4) is 0 Å². The molecule has 0 saturated heterocycles. The second kappa shape index (κ2) is 7.72. The van der Waals surface area contributed by atoms with E-state index in [0.717, 1.165) is 11.1 Å². The van der Waals surface area contributed by atoms with Gasteiger partial charge in [0.25, 0.3) is 0 Å². The van der Waals surface area contributed by atoms with E-state index in [1.165, 1.54) is 0 Å². The van der Waals surface area contributed by atoms with Gasteiger partial charge in [0.15, 0.2) is 0 Å². The summed E-state index contributed by atoms with van der Waals surface area (Å²) in [6.07, 6.45) is 0. The highest BCUT2D eigenvalue weighted by atomic mass is 16.1. The second-order valence-corrected chi connectivity index (χ2v) is 4.50. The Kier molecular flexibility index (Phi) is 5.38. The number of nitrogens with one attached hydrogen (secondary N) is 1. The number of azide groups is 1. The van der Waals surface area contributed by atoms with Crippen molar-refractivity contribution in [1.29, 1.82) is 0 Å². The SMILES string of the molecule is [N-]=[N+]=NCCNC(=O)C(c1ccccc1)c1ccccc1. The minimum atomic E-state index is -0.363. The van der Waals surface area contributed by atoms with Crippen LogP contribution in [0.25, 0.3) is 10.4 Å². The van der Waals surface area contributed by atoms with E-state index < -0.39 is 0 Å². The minimum absolute atomic E-state index is 0.0967. The van der Waals surface area contributed by atoms with Crippen LogP contribution in [-0.4, -0.2) is 19.0 Å². The van der Waals surface area contributed by atoms with Gasteiger partial charge in [-0.1, -0.05) is 65.8 Å². The molecule has 0 heterocycles. The van der Waals surface area contributed by atoms with Crippen molar-refractivity contribution in [1.82, 2.24) is 5.32 Å². The first-order valence-electron chi connectivity index (χ1n) is 6.71. The number of hydrogen-bond acceptors (Lipinski definition) is 2. The largest absolute Gasteiger partial charge is 0.355 e. The van der Waals surface area contributed by atoms with Crippen LogP contribution in [0.5, 0.6) is 0 Å². The molecular weight excluding hydrogens is 264 g/mol. The van der Waals surface area contributed by atoms with Crippen LogP contribution < -0.4 is 5.32 Å². The summed E-state index contributed by atoms with van der Waals surface area (Å²) in [5.74, 6) is -0.459. The molecule has 1 N–H and O–H groups in total. The molecule has 1 amide bonds. The monoisotopic (exact) mass is 280 g/mol. The van der Waals surface area contributed by atoms with E-state index >= 15 is 0 Å². The fourth-order valence-corrected chi connectivity index (χ4v) is 2.16. The molecule has 0 atom stereocenters. The molecule has 21 heavy (non-hydrogen) atoms. The average Bonchev–Trinajstić information content (AvgIpc) is 2.54. The van der Waals surface area contributed by atoms with Crippen molar-refractivity contribution >= 4 is 5.91 Å². The lowest BCUT2D eigenvalue weighted by Crippen LogP contribution is -2.31. The fraction of sp³-hybridized carbons (Fsp3) is 0.188. The van der Waals surface area contributed by atoms with E-state index in [1.54, 1.807) is 0 Å². The van der Waals surface area contributed by atoms with Crippen LogP contribution in [0.4, 0.5) is 0 Å². The molecule has 106 valence electrons. The number of nitrogens with zero attached hydrogens (tertiary/aromatic N) is 3. The second-order valence-electron chi connectivity index (χ2n) is 4.50. The first-order chi connectivity index (χ1) is 10.3. The lowest BCUT2D eigenvalue weighted by Gasteiger charge is -2.17. The number of amides is 1. The molecule has 2 aromatic carbocycles. The Morgan fingerprint density at radius 3 is 2.05 bits per heavy atom. The van der Waals surface area contributed by atoms with Gasteiger partial charge in [-0.2, -0.15) is 0 Å². The molecule has 0 bridgehead atoms. The van der Waals surface area contributed by atoms with Gasteiger partial charge in [-0.25, -0.2) is 0 Å². The normalized spacial score (nSPS) is 9.95. The molecule has 0 aliphatic carbocycles. The Bertz CT molecular complexity index is 582. The number of benzene rings is 2. The van der Waals surface area contributed by atoms with Crippen molar-refractivity contribution in [3.05, 3.63) is 82.2 Å². The molecule has 0 aliphatic rings. The molecule has 0 aliphatic heterocycles. The summed E-state index contributed by atoms with van der Waals surface area (Å²) in [7, 11) is 0. The highest BCUT2D eigenvalue weighted by molar-refractivity contribution is 5.87. The number of carbonyl (C=O) groups excluding carboxylic acids is 1. The summed E-state index contributed by atoms with van der Waals surface area (Å²) >= 11 is 0. The van der Waals surface area contributed by atoms with Crippen molar-refractivity contribution in [3.63, 3.8) is 0 Å². The third-order valence-corrected chi connectivity index (χ3v) is 3.10. The van der Waals surface area contributed by atoms with Crippen LogP contribution in [0.15, 0.2) is 65.8 Å². The smallest absolute Gasteiger partial charge is 0.232 e. The molecule has 0 aromatic heterocycles. The van der Waals surface area contributed by atoms with E-state index in [2.05, 4.69) is 15.3 Å². The van der Waals surface area contributed by atoms with Crippen LogP contribution in [0, 0.1) is 0 Å². The van der Waals surface area contributed by atoms with Gasteiger partial charge in [-0.05, 0) is 16.7 Å². The molecule has 0 fully saturated rings. The van der Waals surface area contributed by atoms with Crippen molar-refractivity contribution in [2.45, 2.75) is 5.92 Å². The maximum atomic E-state index is 12.5. The lowest BCUT2D eigenvalue weighted by atomic mass is 9.90. The molecular formula is C16H16N4O. The minimum Gasteiger partial charge on any atom is -0.355 e. The Morgan fingerprint density at radius 2 is 1.57 bits per heavy atom. The highest BCUT2D eigenvalue weighted by Gasteiger charge is 2.21. The zero-order valence-corrected chi connectivity index (χ0v) is 11.5. The van der Waals surface area contributed by atoms with Gasteiger partial charge < -0.3 is 5.32 Å². The summed E-state index contributed by atoms with van der Waals surface area (Å²) < 4.78 is 0. The van der Waals surface area contributed by atoms with Gasteiger partial charge >= 0.3 is 0 Å². The molecule has 0 spiro atoms. The third kappa shape index (κ3) is 4.09. The predicted molar refractivity (Wildman–Crippen MR) is 81.7 cm³/mol. The van der Waals surface area contributed by atoms with Gasteiger partial charge in [0, 0.05) is 18.0 Å². The summed E-state index contributed by atoms with van der Waals surface area (Å²) in [4.78, 5) is 15.1. The summed E-state index contributed by atoms with van der Waals surface area (Å²) in [5, 5.41) is 6.23. The first kappa shape index (κ1) is 14.6. The standard InChI is InChI=1S/C16H16N4O/c17-20-19-12-11-18-16(21)15(13-7-3-1-4-8-13)14-9-5-2-6-10-14/h1-10,15H,11-12H2,(H,18,21). The van der Waals surface area contributed by atoms with Crippen LogP contribution in [0.1, 0.15) is 17.0 Å². The molecule has 2 aromatic rings. The van der Waals surface area contributed by atoms with Gasteiger partial charge in [0.2, 0.25) is 5.91 Å². The number of hydrogen-bond donors (Lipinski definition) is 1. The maximum absolute atomic E-state index is 12.5. The topological polar surface area (TPSA) is 77.9 Å². The zero-order chi connectivity index (χ0) is 14.9. The summed E-state index contributed by atoms with van der Waals surface area (Å²) in [6.45, 7) is 0.581. The van der Waals surface area contributed by atoms with E-state index in [9.17, 15) is 4.79 Å². The van der Waals surface area contributed by atoms with Gasteiger partial charge in [-0.15, -0.1) is 0 Å². The van der Waals surface area contributed by atoms with Gasteiger partial charge in [0.05, 0.1) is 5.92 Å². The predicted octanol–water partition coefficient (Wildman–Crippen LogP) is 3.25. The van der Waals surface area contributed by atoms with E-state index in [-0.39, 0.29) is 18.4 Å². The summed E-state index contributed by atoms with van der Waals surface area (Å²) in [6, 6.07) is 19.2. The lowest BCUT2D eigenvalue weighted by molar-refractivity contribution is -0.121. The highest BCUT2D eigenvalue weighted by Crippen LogP contribution is 2.24. The Hall–Kier alpha value is -2.78. The van der Waals surface area contributed by atoms with Crippen molar-refractivity contribution < 1.29 is 4.79 Å². The van der Waals surface area contributed by atoms with Crippen molar-refractivity contribution in [2.24, 2.45) is 5.11 Å². The molecule has 5 nitrogen and oxygen atoms in total. The Balaban J connectivity index is 2.20. The Morgan fingerprint density at radius 1 is 1.05 bits per heavy atom. The van der Waals surface area contributed by atoms with E-state index in [1.807, 2.05) is 60.7 Å². The first-order valence-corrected chi connectivity index (χ1v) is 6.71. The number of carbonyl (C=O) groups is 1. The van der Waals surface area contributed by atoms with E-state index in [4.69, 9.17) is 5.53 Å². The average molecular weight is 280 g/mol. The molecule has 0 saturated carbocycles. The van der Waals surface area contributed by atoms with Gasteiger partial charge in [0.1, 0.15) is 0 Å². The zero-order valence-electron chi connectivity index (χ0n) is 11.5. The van der Waals surface area contributed by atoms with Crippen LogP contribution in [-0.2, 0) is 4.79 Å². The molecule has 5 heteroatoms. The quantitative estimate of drug-likeness (QED) is 0.375. The molecule has 0 radical (unpaired) electrons. The van der Waals surface area contributed by atoms with Crippen molar-refractivity contribution in [2.75, 3.05) is 13.1 Å². The fourth-order valence-electron chi connectivity index (χ4n) is 2.16. The van der Waals surface area contributed by atoms with Crippen LogP contribution >= 0.6 is 0 Å². The molecule has 0 unspecified atom stereocenters.